The van der Waals surface area contributed by atoms with Crippen molar-refractivity contribution in [3.63, 3.8) is 0 Å². The van der Waals surface area contributed by atoms with E-state index in [1.165, 1.54) is 14.2 Å². The number of anilines is 1. The molecule has 1 aromatic heterocycles. The predicted molar refractivity (Wildman–Crippen MR) is 96.2 cm³/mol. The van der Waals surface area contributed by atoms with Crippen LogP contribution in [-0.2, 0) is 18.3 Å². The van der Waals surface area contributed by atoms with Crippen molar-refractivity contribution in [2.24, 2.45) is 0 Å². The number of aromatic nitrogens is 1. The highest BCUT2D eigenvalue weighted by Gasteiger charge is 2.36. The molecule has 1 aliphatic heterocycles. The monoisotopic (exact) mass is 364 g/mol. The van der Waals surface area contributed by atoms with Gasteiger partial charge in [-0.15, -0.1) is 0 Å². The Bertz CT molecular complexity index is 761. The lowest BCUT2D eigenvalue weighted by Crippen LogP contribution is -2.38. The Hall–Kier alpha value is -1.92. The molecule has 134 valence electrons. The summed E-state index contributed by atoms with van der Waals surface area (Å²) in [5.74, 6) is 0.748. The van der Waals surface area contributed by atoms with Crippen molar-refractivity contribution in [3.8, 4) is 0 Å². The van der Waals surface area contributed by atoms with E-state index < -0.39 is 7.60 Å². The van der Waals surface area contributed by atoms with Crippen molar-refractivity contribution < 1.29 is 22.8 Å². The van der Waals surface area contributed by atoms with Crippen molar-refractivity contribution in [2.45, 2.75) is 0 Å². The first-order chi connectivity index (χ1) is 12.2. The minimum Gasteiger partial charge on any atom is -0.420 e. The van der Waals surface area contributed by atoms with Crippen LogP contribution in [0.4, 0.5) is 5.88 Å². The molecule has 1 fully saturated rings. The maximum Gasteiger partial charge on any atom is 0.384 e. The molecule has 0 atom stereocenters. The van der Waals surface area contributed by atoms with Gasteiger partial charge in [0.15, 0.2) is 0 Å². The first-order valence-corrected chi connectivity index (χ1v) is 9.49. The molecule has 0 saturated carbocycles. The van der Waals surface area contributed by atoms with E-state index >= 15 is 0 Å². The summed E-state index contributed by atoms with van der Waals surface area (Å²) in [6.07, 6.45) is 3.61. The summed E-state index contributed by atoms with van der Waals surface area (Å²) in [4.78, 5) is 6.31. The summed E-state index contributed by atoms with van der Waals surface area (Å²) >= 11 is 0. The van der Waals surface area contributed by atoms with Gasteiger partial charge in [-0.05, 0) is 11.6 Å². The minimum atomic E-state index is -3.53. The summed E-state index contributed by atoms with van der Waals surface area (Å²) in [5.41, 5.74) is 1.20. The molecule has 0 amide bonds. The number of nitrogens with zero attached hydrogens (tertiary/aromatic N) is 2. The molecule has 0 aliphatic carbocycles. The Morgan fingerprint density at radius 1 is 1.12 bits per heavy atom. The second-order valence-corrected chi connectivity index (χ2v) is 7.54. The Morgan fingerprint density at radius 2 is 1.80 bits per heavy atom. The molecule has 2 aromatic rings. The lowest BCUT2D eigenvalue weighted by Gasteiger charge is -2.27. The SMILES string of the molecule is COP(=O)(OC)c1nc(/C=C/c2ccccc2)oc1N1CCOCC1. The van der Waals surface area contributed by atoms with E-state index in [9.17, 15) is 4.57 Å². The summed E-state index contributed by atoms with van der Waals surface area (Å²) in [6.45, 7) is 2.38. The molecule has 2 heterocycles. The molecular weight excluding hydrogens is 343 g/mol. The molecule has 8 heteroatoms. The molecule has 7 nitrogen and oxygen atoms in total. The van der Waals surface area contributed by atoms with E-state index in [1.54, 1.807) is 6.08 Å². The highest BCUT2D eigenvalue weighted by atomic mass is 31.2. The lowest BCUT2D eigenvalue weighted by atomic mass is 10.2. The van der Waals surface area contributed by atoms with Crippen molar-refractivity contribution in [1.29, 1.82) is 0 Å². The maximum absolute atomic E-state index is 12.9. The van der Waals surface area contributed by atoms with E-state index in [0.717, 1.165) is 5.56 Å². The third kappa shape index (κ3) is 4.02. The zero-order chi connectivity index (χ0) is 17.7. The number of rotatable bonds is 6. The fraction of sp³-hybridized carbons (Fsp3) is 0.353. The Kier molecular flexibility index (Phi) is 5.71. The summed E-state index contributed by atoms with van der Waals surface area (Å²) in [7, 11) is -0.864. The molecule has 0 unspecified atom stereocenters. The Labute approximate surface area is 146 Å². The first kappa shape index (κ1) is 17.9. The molecule has 0 spiro atoms. The summed E-state index contributed by atoms with van der Waals surface area (Å²) in [6, 6.07) is 9.79. The molecule has 1 aromatic carbocycles. The van der Waals surface area contributed by atoms with Crippen LogP contribution >= 0.6 is 7.60 Å². The maximum atomic E-state index is 12.9. The molecule has 1 aliphatic rings. The number of benzene rings is 1. The largest absolute Gasteiger partial charge is 0.420 e. The van der Waals surface area contributed by atoms with Crippen molar-refractivity contribution in [1.82, 2.24) is 4.98 Å². The number of morpholine rings is 1. The molecule has 1 saturated heterocycles. The molecule has 0 bridgehead atoms. The Morgan fingerprint density at radius 3 is 2.44 bits per heavy atom. The average molecular weight is 364 g/mol. The van der Waals surface area contributed by atoms with Crippen LogP contribution in [-0.4, -0.2) is 45.5 Å². The molecule has 0 N–H and O–H groups in total. The van der Waals surface area contributed by atoms with E-state index in [4.69, 9.17) is 18.2 Å². The van der Waals surface area contributed by atoms with Gasteiger partial charge in [0, 0.05) is 33.4 Å². The van der Waals surface area contributed by atoms with E-state index in [-0.39, 0.29) is 5.44 Å². The van der Waals surface area contributed by atoms with Gasteiger partial charge in [-0.3, -0.25) is 4.57 Å². The standard InChI is InChI=1S/C17H21N2O5P/c1-21-25(20,22-2)16-17(19-10-12-23-13-11-19)24-15(18-16)9-8-14-6-4-3-5-7-14/h3-9H,10-13H2,1-2H3/b9-8+. The van der Waals surface area contributed by atoms with Crippen LogP contribution in [0.3, 0.4) is 0 Å². The van der Waals surface area contributed by atoms with Gasteiger partial charge in [-0.2, -0.15) is 4.98 Å². The summed E-state index contributed by atoms with van der Waals surface area (Å²) < 4.78 is 34.3. The normalized spacial score (nSPS) is 15.8. The lowest BCUT2D eigenvalue weighted by molar-refractivity contribution is 0.121. The molecular formula is C17H21N2O5P. The minimum absolute atomic E-state index is 0.187. The molecule has 3 rings (SSSR count). The topological polar surface area (TPSA) is 74.0 Å². The zero-order valence-electron chi connectivity index (χ0n) is 14.3. The first-order valence-electron chi connectivity index (χ1n) is 7.95. The van der Waals surface area contributed by atoms with Gasteiger partial charge in [0.2, 0.25) is 17.2 Å². The highest BCUT2D eigenvalue weighted by Crippen LogP contribution is 2.47. The van der Waals surface area contributed by atoms with E-state index in [2.05, 4.69) is 4.98 Å². The fourth-order valence-corrected chi connectivity index (χ4v) is 3.66. The van der Waals surface area contributed by atoms with Gasteiger partial charge in [-0.25, -0.2) is 0 Å². The number of hydrogen-bond donors (Lipinski definition) is 0. The van der Waals surface area contributed by atoms with Crippen LogP contribution in [0.15, 0.2) is 34.7 Å². The average Bonchev–Trinajstić information content (AvgIpc) is 3.12. The van der Waals surface area contributed by atoms with Crippen molar-refractivity contribution >= 4 is 31.1 Å². The van der Waals surface area contributed by atoms with Gasteiger partial charge in [0.05, 0.1) is 13.2 Å². The van der Waals surface area contributed by atoms with Gasteiger partial charge in [0.25, 0.3) is 0 Å². The van der Waals surface area contributed by atoms with Crippen LogP contribution in [0.5, 0.6) is 0 Å². The molecule has 25 heavy (non-hydrogen) atoms. The fourth-order valence-electron chi connectivity index (χ4n) is 2.52. The Balaban J connectivity index is 1.96. The third-order valence-corrected chi connectivity index (χ3v) is 5.64. The van der Waals surface area contributed by atoms with Crippen LogP contribution in [0, 0.1) is 0 Å². The van der Waals surface area contributed by atoms with Crippen LogP contribution in [0.25, 0.3) is 12.2 Å². The second kappa shape index (κ2) is 7.97. The van der Waals surface area contributed by atoms with Gasteiger partial charge in [-0.1, -0.05) is 30.3 Å². The van der Waals surface area contributed by atoms with E-state index in [1.807, 2.05) is 41.3 Å². The van der Waals surface area contributed by atoms with Gasteiger partial charge >= 0.3 is 7.60 Å². The number of ether oxygens (including phenoxy) is 1. The van der Waals surface area contributed by atoms with Crippen LogP contribution < -0.4 is 10.3 Å². The zero-order valence-corrected chi connectivity index (χ0v) is 15.1. The second-order valence-electron chi connectivity index (χ2n) is 5.39. The van der Waals surface area contributed by atoms with Crippen LogP contribution in [0.1, 0.15) is 11.5 Å². The van der Waals surface area contributed by atoms with Gasteiger partial charge < -0.3 is 23.1 Å². The van der Waals surface area contributed by atoms with Crippen molar-refractivity contribution in [3.05, 3.63) is 41.8 Å². The number of oxazole rings is 1. The van der Waals surface area contributed by atoms with Crippen LogP contribution in [0.2, 0.25) is 0 Å². The van der Waals surface area contributed by atoms with Crippen molar-refractivity contribution in [2.75, 3.05) is 45.4 Å². The van der Waals surface area contributed by atoms with Gasteiger partial charge in [0.1, 0.15) is 0 Å². The smallest absolute Gasteiger partial charge is 0.384 e. The number of hydrogen-bond acceptors (Lipinski definition) is 7. The molecule has 0 radical (unpaired) electrons. The highest BCUT2D eigenvalue weighted by molar-refractivity contribution is 7.62. The van der Waals surface area contributed by atoms with E-state index in [0.29, 0.717) is 38.1 Å². The predicted octanol–water partition coefficient (Wildman–Crippen LogP) is 2.79. The quantitative estimate of drug-likeness (QED) is 0.730. The summed E-state index contributed by atoms with van der Waals surface area (Å²) in [5, 5.41) is 0. The third-order valence-electron chi connectivity index (χ3n) is 3.86.